The zero-order valence-corrected chi connectivity index (χ0v) is 23.1. The molecule has 0 radical (unpaired) electrons. The number of anilines is 2. The van der Waals surface area contributed by atoms with Crippen LogP contribution in [0.25, 0.3) is 22.3 Å². The molecule has 0 unspecified atom stereocenters. The van der Waals surface area contributed by atoms with Gasteiger partial charge in [0, 0.05) is 38.8 Å². The Morgan fingerprint density at radius 3 is 2.85 bits per heavy atom. The Morgan fingerprint density at radius 1 is 1.23 bits per heavy atom. The monoisotopic (exact) mass is 550 g/mol. The highest BCUT2D eigenvalue weighted by Gasteiger charge is 2.49. The number of nitrogens with one attached hydrogen (secondary N) is 1. The van der Waals surface area contributed by atoms with E-state index in [-0.39, 0.29) is 35.4 Å². The highest BCUT2D eigenvalue weighted by molar-refractivity contribution is 5.92. The SMILES string of the molecule is Cc1cc(N)nc(-c2ncc3c(N(C)[C@@H]4CCNC4)nc(OC[C@@]45CCCN4C[C@H](F)C5)nc3c2F)c1C1CC1. The number of alkyl halides is 1. The van der Waals surface area contributed by atoms with Gasteiger partial charge in [0.05, 0.1) is 16.6 Å². The number of rotatable bonds is 7. The summed E-state index contributed by atoms with van der Waals surface area (Å²) >= 11 is 0. The van der Waals surface area contributed by atoms with E-state index >= 15 is 4.39 Å². The molecule has 3 aromatic rings. The lowest BCUT2D eigenvalue weighted by Crippen LogP contribution is -2.43. The molecule has 3 N–H and O–H groups in total. The van der Waals surface area contributed by atoms with Gasteiger partial charge in [-0.15, -0.1) is 0 Å². The Hall–Kier alpha value is -3.18. The summed E-state index contributed by atoms with van der Waals surface area (Å²) in [6.45, 7) is 5.27. The minimum atomic E-state index is -0.862. The number of hydrogen-bond acceptors (Lipinski definition) is 9. The Bertz CT molecular complexity index is 1460. The summed E-state index contributed by atoms with van der Waals surface area (Å²) in [6, 6.07) is 2.13. The summed E-state index contributed by atoms with van der Waals surface area (Å²) in [5, 5.41) is 3.90. The van der Waals surface area contributed by atoms with Crippen LogP contribution < -0.4 is 20.7 Å². The van der Waals surface area contributed by atoms with Crippen LogP contribution in [0, 0.1) is 12.7 Å². The molecule has 3 aliphatic heterocycles. The van der Waals surface area contributed by atoms with Crippen LogP contribution in [0.1, 0.15) is 55.6 Å². The third-order valence-corrected chi connectivity index (χ3v) is 9.29. The molecule has 1 saturated carbocycles. The van der Waals surface area contributed by atoms with Crippen molar-refractivity contribution in [3.63, 3.8) is 0 Å². The lowest BCUT2D eigenvalue weighted by atomic mass is 9.95. The highest BCUT2D eigenvalue weighted by Crippen LogP contribution is 2.46. The third-order valence-electron chi connectivity index (χ3n) is 9.29. The van der Waals surface area contributed by atoms with Crippen molar-refractivity contribution in [2.24, 2.45) is 0 Å². The number of ether oxygens (including phenoxy) is 1. The van der Waals surface area contributed by atoms with Gasteiger partial charge >= 0.3 is 6.01 Å². The van der Waals surface area contributed by atoms with Gasteiger partial charge in [0.15, 0.2) is 5.82 Å². The first kappa shape index (κ1) is 25.8. The first-order chi connectivity index (χ1) is 19.3. The minimum Gasteiger partial charge on any atom is -0.461 e. The van der Waals surface area contributed by atoms with Crippen LogP contribution in [0.3, 0.4) is 0 Å². The van der Waals surface area contributed by atoms with Crippen molar-refractivity contribution in [3.8, 4) is 17.4 Å². The molecule has 3 saturated heterocycles. The number of pyridine rings is 2. The molecule has 40 heavy (non-hydrogen) atoms. The number of fused-ring (bicyclic) bond motifs is 2. The number of aromatic nitrogens is 4. The highest BCUT2D eigenvalue weighted by atomic mass is 19.1. The van der Waals surface area contributed by atoms with E-state index in [1.807, 2.05) is 20.0 Å². The smallest absolute Gasteiger partial charge is 0.319 e. The fourth-order valence-corrected chi connectivity index (χ4v) is 7.09. The van der Waals surface area contributed by atoms with Crippen LogP contribution in [-0.4, -0.2) is 82.4 Å². The lowest BCUT2D eigenvalue weighted by Gasteiger charge is -2.31. The molecule has 4 fully saturated rings. The summed E-state index contributed by atoms with van der Waals surface area (Å²) < 4.78 is 37.1. The van der Waals surface area contributed by atoms with E-state index in [1.165, 1.54) is 0 Å². The maximum absolute atomic E-state index is 16.5. The second kappa shape index (κ2) is 9.73. The maximum Gasteiger partial charge on any atom is 0.319 e. The molecule has 3 atom stereocenters. The molecule has 6 heterocycles. The van der Waals surface area contributed by atoms with Gasteiger partial charge in [-0.05, 0) is 75.2 Å². The topological polar surface area (TPSA) is 105 Å². The molecule has 3 aromatic heterocycles. The van der Waals surface area contributed by atoms with Gasteiger partial charge in [0.25, 0.3) is 0 Å². The Balaban J connectivity index is 1.33. The van der Waals surface area contributed by atoms with Crippen molar-refractivity contribution in [2.75, 3.05) is 50.5 Å². The van der Waals surface area contributed by atoms with Crippen molar-refractivity contribution < 1.29 is 13.5 Å². The standard InChI is InChI=1S/C29H36F2N8O/c1-16-10-21(32)35-25(22(16)17-4-5-17)26-23(31)24-20(13-34-26)27(38(2)19-6-8-33-12-19)37-28(36-24)40-15-29-7-3-9-39(29)14-18(30)11-29/h10,13,17-19,33H,3-9,11-12,14-15H2,1-2H3,(H2,32,35)/t18-,19-,29+/m1/s1. The summed E-state index contributed by atoms with van der Waals surface area (Å²) in [5.74, 6) is 0.678. The van der Waals surface area contributed by atoms with Gasteiger partial charge in [-0.2, -0.15) is 9.97 Å². The number of hydrogen-bond donors (Lipinski definition) is 2. The van der Waals surface area contributed by atoms with Gasteiger partial charge in [0.1, 0.15) is 35.6 Å². The molecule has 0 spiro atoms. The van der Waals surface area contributed by atoms with E-state index in [0.29, 0.717) is 41.6 Å². The van der Waals surface area contributed by atoms with Crippen molar-refractivity contribution in [1.82, 2.24) is 30.2 Å². The molecule has 0 bridgehead atoms. The maximum atomic E-state index is 16.5. The number of nitrogen functional groups attached to an aromatic ring is 1. The number of halogens is 2. The average molecular weight is 551 g/mol. The normalized spacial score (nSPS) is 26.5. The Morgan fingerprint density at radius 2 is 2.08 bits per heavy atom. The molecule has 212 valence electrons. The number of nitrogens with two attached hydrogens (primary N) is 1. The molecular formula is C29H36F2N8O. The van der Waals surface area contributed by atoms with Crippen LogP contribution in [0.5, 0.6) is 6.01 Å². The van der Waals surface area contributed by atoms with Crippen LogP contribution in [-0.2, 0) is 0 Å². The van der Waals surface area contributed by atoms with Crippen molar-refractivity contribution in [3.05, 3.63) is 29.2 Å². The van der Waals surface area contributed by atoms with Crippen LogP contribution in [0.4, 0.5) is 20.4 Å². The first-order valence-corrected chi connectivity index (χ1v) is 14.4. The molecule has 11 heteroatoms. The number of nitrogens with zero attached hydrogens (tertiary/aromatic N) is 6. The minimum absolute atomic E-state index is 0.0963. The molecular weight excluding hydrogens is 514 g/mol. The fourth-order valence-electron chi connectivity index (χ4n) is 7.09. The predicted molar refractivity (Wildman–Crippen MR) is 150 cm³/mol. The molecule has 7 rings (SSSR count). The second-order valence-electron chi connectivity index (χ2n) is 12.0. The second-order valence-corrected chi connectivity index (χ2v) is 12.0. The van der Waals surface area contributed by atoms with Crippen molar-refractivity contribution >= 4 is 22.5 Å². The van der Waals surface area contributed by atoms with Crippen molar-refractivity contribution in [1.29, 1.82) is 0 Å². The van der Waals surface area contributed by atoms with E-state index in [2.05, 4.69) is 30.1 Å². The van der Waals surface area contributed by atoms with E-state index in [4.69, 9.17) is 15.5 Å². The molecule has 0 aromatic carbocycles. The van der Waals surface area contributed by atoms with Crippen molar-refractivity contribution in [2.45, 2.75) is 69.1 Å². The third kappa shape index (κ3) is 4.34. The largest absolute Gasteiger partial charge is 0.461 e. The number of likely N-dealkylation sites (N-methyl/N-ethyl adjacent to an activating group) is 1. The Kier molecular flexibility index (Phi) is 6.27. The fraction of sp³-hybridized carbons (Fsp3) is 0.586. The quantitative estimate of drug-likeness (QED) is 0.455. The molecule has 4 aliphatic rings. The van der Waals surface area contributed by atoms with Crippen LogP contribution >= 0.6 is 0 Å². The van der Waals surface area contributed by atoms with Gasteiger partial charge in [-0.3, -0.25) is 9.88 Å². The summed E-state index contributed by atoms with van der Waals surface area (Å²) in [7, 11) is 1.96. The zero-order valence-electron chi connectivity index (χ0n) is 23.1. The van der Waals surface area contributed by atoms with E-state index in [0.717, 1.165) is 62.9 Å². The molecule has 0 amide bonds. The van der Waals surface area contributed by atoms with Gasteiger partial charge in [-0.1, -0.05) is 0 Å². The molecule has 9 nitrogen and oxygen atoms in total. The van der Waals surface area contributed by atoms with Gasteiger partial charge in [-0.25, -0.2) is 13.8 Å². The van der Waals surface area contributed by atoms with E-state index in [1.54, 1.807) is 6.20 Å². The zero-order chi connectivity index (χ0) is 27.6. The van der Waals surface area contributed by atoms with Gasteiger partial charge < -0.3 is 20.7 Å². The van der Waals surface area contributed by atoms with Crippen LogP contribution in [0.15, 0.2) is 12.3 Å². The van der Waals surface area contributed by atoms with E-state index < -0.39 is 12.0 Å². The Labute approximate surface area is 232 Å². The number of aryl methyl sites for hydroxylation is 1. The summed E-state index contributed by atoms with van der Waals surface area (Å²) in [5.41, 5.74) is 8.51. The average Bonchev–Trinajstić information content (AvgIpc) is 3.31. The first-order valence-electron chi connectivity index (χ1n) is 14.4. The van der Waals surface area contributed by atoms with Crippen LogP contribution in [0.2, 0.25) is 0 Å². The molecule has 1 aliphatic carbocycles. The summed E-state index contributed by atoms with van der Waals surface area (Å²) in [4.78, 5) is 22.7. The van der Waals surface area contributed by atoms with Gasteiger partial charge in [0.2, 0.25) is 0 Å². The van der Waals surface area contributed by atoms with E-state index in [9.17, 15) is 4.39 Å². The summed E-state index contributed by atoms with van der Waals surface area (Å²) in [6.07, 6.45) is 6.12. The lowest BCUT2D eigenvalue weighted by molar-refractivity contribution is 0.107. The predicted octanol–water partition coefficient (Wildman–Crippen LogP) is 3.75.